The molecule has 4 aromatic rings. The highest BCUT2D eigenvalue weighted by atomic mass is 16.5. The summed E-state index contributed by atoms with van der Waals surface area (Å²) in [5.74, 6) is 2.71. The van der Waals surface area contributed by atoms with E-state index in [-0.39, 0.29) is 6.42 Å². The van der Waals surface area contributed by atoms with Crippen LogP contribution in [-0.2, 0) is 11.2 Å². The summed E-state index contributed by atoms with van der Waals surface area (Å²) in [6.07, 6.45) is -0.0916. The van der Waals surface area contributed by atoms with Crippen LogP contribution in [0.1, 0.15) is 18.9 Å². The van der Waals surface area contributed by atoms with E-state index in [1.807, 2.05) is 73.7 Å². The van der Waals surface area contributed by atoms with Gasteiger partial charge < -0.3 is 24.1 Å². The number of carbonyl (C=O) groups is 1. The highest BCUT2D eigenvalue weighted by Crippen LogP contribution is 2.31. The zero-order valence-electron chi connectivity index (χ0n) is 20.0. The molecule has 0 fully saturated rings. The number of carboxylic acid groups (broad SMARTS) is 1. The van der Waals surface area contributed by atoms with Crippen molar-refractivity contribution in [1.29, 1.82) is 0 Å². The summed E-state index contributed by atoms with van der Waals surface area (Å²) < 4.78 is 23.5. The summed E-state index contributed by atoms with van der Waals surface area (Å²) in [5, 5.41) is 9.73. The molecule has 0 aliphatic heterocycles. The zero-order chi connectivity index (χ0) is 25.2. The summed E-state index contributed by atoms with van der Waals surface area (Å²) in [5.41, 5.74) is 0.728. The van der Waals surface area contributed by atoms with Gasteiger partial charge in [-0.25, -0.2) is 4.79 Å². The van der Waals surface area contributed by atoms with Crippen LogP contribution in [0.15, 0.2) is 103 Å². The molecule has 4 rings (SSSR count). The number of hydrogen-bond donors (Lipinski definition) is 1. The Kier molecular flexibility index (Phi) is 8.44. The lowest BCUT2D eigenvalue weighted by atomic mass is 10.1. The topological polar surface area (TPSA) is 74.2 Å². The lowest BCUT2D eigenvalue weighted by molar-refractivity contribution is -0.145. The molecule has 0 heterocycles. The molecular weight excluding hydrogens is 456 g/mol. The van der Waals surface area contributed by atoms with Crippen molar-refractivity contribution in [3.63, 3.8) is 0 Å². The molecule has 0 spiro atoms. The van der Waals surface area contributed by atoms with Gasteiger partial charge in [-0.3, -0.25) is 0 Å². The Hall–Kier alpha value is -4.45. The lowest BCUT2D eigenvalue weighted by Crippen LogP contribution is -2.29. The van der Waals surface area contributed by atoms with E-state index in [0.29, 0.717) is 35.4 Å². The van der Waals surface area contributed by atoms with Crippen LogP contribution in [0.4, 0.5) is 0 Å². The fourth-order valence-electron chi connectivity index (χ4n) is 3.49. The lowest BCUT2D eigenvalue weighted by Gasteiger charge is -2.18. The minimum Gasteiger partial charge on any atom is -0.493 e. The van der Waals surface area contributed by atoms with Gasteiger partial charge in [0.25, 0.3) is 0 Å². The monoisotopic (exact) mass is 484 g/mol. The minimum absolute atomic E-state index is 0.148. The van der Waals surface area contributed by atoms with Crippen molar-refractivity contribution in [3.8, 4) is 34.5 Å². The van der Waals surface area contributed by atoms with Gasteiger partial charge in [-0.2, -0.15) is 0 Å². The Morgan fingerprint density at radius 3 is 1.83 bits per heavy atom. The van der Waals surface area contributed by atoms with Crippen LogP contribution < -0.4 is 18.9 Å². The Morgan fingerprint density at radius 1 is 0.722 bits per heavy atom. The first-order valence-electron chi connectivity index (χ1n) is 11.8. The van der Waals surface area contributed by atoms with E-state index in [4.69, 9.17) is 18.9 Å². The molecule has 0 bridgehead atoms. The van der Waals surface area contributed by atoms with Gasteiger partial charge in [0, 0.05) is 12.5 Å². The quantitative estimate of drug-likeness (QED) is 0.230. The smallest absolute Gasteiger partial charge is 0.345 e. The number of rotatable bonds is 12. The highest BCUT2D eigenvalue weighted by molar-refractivity contribution is 5.73. The van der Waals surface area contributed by atoms with Crippen LogP contribution in [0.25, 0.3) is 0 Å². The number of carboxylic acids is 1. The summed E-state index contributed by atoms with van der Waals surface area (Å²) in [4.78, 5) is 11.9. The Bertz CT molecular complexity index is 1240. The molecule has 0 radical (unpaired) electrons. The number of hydrogen-bond acceptors (Lipinski definition) is 5. The molecule has 0 saturated heterocycles. The van der Waals surface area contributed by atoms with Crippen LogP contribution in [0.3, 0.4) is 0 Å². The molecule has 0 aromatic heterocycles. The van der Waals surface area contributed by atoms with E-state index in [0.717, 1.165) is 17.7 Å². The molecule has 1 unspecified atom stereocenters. The first-order chi connectivity index (χ1) is 17.6. The summed E-state index contributed by atoms with van der Waals surface area (Å²) in [7, 11) is 0. The van der Waals surface area contributed by atoms with Crippen molar-refractivity contribution in [2.45, 2.75) is 25.9 Å². The van der Waals surface area contributed by atoms with Crippen LogP contribution in [0.2, 0.25) is 0 Å². The third-order valence-corrected chi connectivity index (χ3v) is 5.24. The molecule has 0 aliphatic rings. The second-order valence-corrected chi connectivity index (χ2v) is 8.07. The predicted octanol–water partition coefficient (Wildman–Crippen LogP) is 7.13. The van der Waals surface area contributed by atoms with Crippen molar-refractivity contribution in [2.75, 3.05) is 6.61 Å². The number of ether oxygens (including phenoxy) is 4. The third kappa shape index (κ3) is 7.03. The van der Waals surface area contributed by atoms with Crippen molar-refractivity contribution in [2.24, 2.45) is 0 Å². The van der Waals surface area contributed by atoms with Gasteiger partial charge in [0.2, 0.25) is 0 Å². The molecule has 0 aliphatic carbocycles. The maximum atomic E-state index is 11.9. The molecule has 1 atom stereocenters. The molecule has 1 N–H and O–H groups in total. The standard InChI is InChI=1S/C30H28O6/c1-2-19-33-28-21-27(35-26-17-15-25(16-18-26)34-23-9-5-3-6-10-23)14-13-22(28)20-29(30(31)32)36-24-11-7-4-8-12-24/h3-18,21,29H,2,19-20H2,1H3,(H,31,32). The van der Waals surface area contributed by atoms with Crippen molar-refractivity contribution >= 4 is 5.97 Å². The Balaban J connectivity index is 1.47. The molecule has 6 heteroatoms. The highest BCUT2D eigenvalue weighted by Gasteiger charge is 2.22. The molecule has 36 heavy (non-hydrogen) atoms. The van der Waals surface area contributed by atoms with Gasteiger partial charge in [0.15, 0.2) is 6.10 Å². The maximum absolute atomic E-state index is 11.9. The molecular formula is C30H28O6. The SMILES string of the molecule is CCCOc1cc(Oc2ccc(Oc3ccccc3)cc2)ccc1CC(Oc1ccccc1)C(=O)O. The predicted molar refractivity (Wildman–Crippen MR) is 137 cm³/mol. The second kappa shape index (κ2) is 12.3. The van der Waals surface area contributed by atoms with E-state index in [9.17, 15) is 9.90 Å². The van der Waals surface area contributed by atoms with Gasteiger partial charge in [-0.05, 0) is 66.6 Å². The van der Waals surface area contributed by atoms with E-state index >= 15 is 0 Å². The Morgan fingerprint density at radius 2 is 1.25 bits per heavy atom. The summed E-state index contributed by atoms with van der Waals surface area (Å²) in [6.45, 7) is 2.51. The van der Waals surface area contributed by atoms with E-state index in [1.54, 1.807) is 36.4 Å². The molecule has 4 aromatic carbocycles. The third-order valence-electron chi connectivity index (χ3n) is 5.24. The van der Waals surface area contributed by atoms with Crippen LogP contribution in [-0.4, -0.2) is 23.8 Å². The van der Waals surface area contributed by atoms with Crippen LogP contribution in [0.5, 0.6) is 34.5 Å². The molecule has 0 amide bonds. The number of aliphatic carboxylic acids is 1. The second-order valence-electron chi connectivity index (χ2n) is 8.07. The van der Waals surface area contributed by atoms with Crippen molar-refractivity contribution in [1.82, 2.24) is 0 Å². The van der Waals surface area contributed by atoms with Gasteiger partial charge >= 0.3 is 5.97 Å². The maximum Gasteiger partial charge on any atom is 0.345 e. The molecule has 6 nitrogen and oxygen atoms in total. The fourth-order valence-corrected chi connectivity index (χ4v) is 3.49. The fraction of sp³-hybridized carbons (Fsp3) is 0.167. The van der Waals surface area contributed by atoms with Crippen molar-refractivity contribution < 1.29 is 28.8 Å². The summed E-state index contributed by atoms with van der Waals surface area (Å²) in [6, 6.07) is 31.2. The van der Waals surface area contributed by atoms with Crippen LogP contribution >= 0.6 is 0 Å². The van der Waals surface area contributed by atoms with Gasteiger partial charge in [-0.1, -0.05) is 49.4 Å². The van der Waals surface area contributed by atoms with E-state index in [2.05, 4.69) is 0 Å². The Labute approximate surface area is 210 Å². The average Bonchev–Trinajstić information content (AvgIpc) is 2.90. The largest absolute Gasteiger partial charge is 0.493 e. The number of para-hydroxylation sites is 2. The normalized spacial score (nSPS) is 11.4. The zero-order valence-corrected chi connectivity index (χ0v) is 20.0. The van der Waals surface area contributed by atoms with Crippen molar-refractivity contribution in [3.05, 3.63) is 109 Å². The minimum atomic E-state index is -1.06. The first kappa shape index (κ1) is 24.7. The van der Waals surface area contributed by atoms with E-state index in [1.165, 1.54) is 0 Å². The van der Waals surface area contributed by atoms with Gasteiger partial charge in [-0.15, -0.1) is 0 Å². The molecule has 0 saturated carbocycles. The average molecular weight is 485 g/mol. The van der Waals surface area contributed by atoms with Gasteiger partial charge in [0.1, 0.15) is 34.5 Å². The molecule has 184 valence electrons. The number of benzene rings is 4. The first-order valence-corrected chi connectivity index (χ1v) is 11.8. The van der Waals surface area contributed by atoms with Crippen LogP contribution in [0, 0.1) is 0 Å². The van der Waals surface area contributed by atoms with Gasteiger partial charge in [0.05, 0.1) is 6.61 Å². The summed E-state index contributed by atoms with van der Waals surface area (Å²) >= 11 is 0. The van der Waals surface area contributed by atoms with E-state index < -0.39 is 12.1 Å².